The van der Waals surface area contributed by atoms with Crippen molar-refractivity contribution < 1.29 is 9.59 Å². The van der Waals surface area contributed by atoms with E-state index in [9.17, 15) is 9.59 Å². The van der Waals surface area contributed by atoms with E-state index in [2.05, 4.69) is 31.5 Å². The Morgan fingerprint density at radius 3 is 2.62 bits per heavy atom. The highest BCUT2D eigenvalue weighted by atomic mass is 79.9. The molecular formula is C15H16BrN3O2. The fourth-order valence-corrected chi connectivity index (χ4v) is 2.19. The SMILES string of the molecule is CCNC(=O)c1ccc(C)c(NC(=O)c2cc(Br)c[nH]2)c1. The first-order valence-corrected chi connectivity index (χ1v) is 7.34. The van der Waals surface area contributed by atoms with E-state index in [0.29, 0.717) is 23.5 Å². The summed E-state index contributed by atoms with van der Waals surface area (Å²) < 4.78 is 0.806. The lowest BCUT2D eigenvalue weighted by molar-refractivity contribution is 0.0954. The van der Waals surface area contributed by atoms with Crippen molar-refractivity contribution in [3.8, 4) is 0 Å². The summed E-state index contributed by atoms with van der Waals surface area (Å²) in [5.41, 5.74) is 2.48. The van der Waals surface area contributed by atoms with Crippen LogP contribution in [0.5, 0.6) is 0 Å². The Kier molecular flexibility index (Phi) is 4.80. The van der Waals surface area contributed by atoms with Crippen LogP contribution in [-0.2, 0) is 0 Å². The number of H-pyrrole nitrogens is 1. The van der Waals surface area contributed by atoms with Gasteiger partial charge in [-0.05, 0) is 53.5 Å². The van der Waals surface area contributed by atoms with Crippen LogP contribution in [0.25, 0.3) is 0 Å². The number of benzene rings is 1. The van der Waals surface area contributed by atoms with Crippen molar-refractivity contribution in [1.29, 1.82) is 0 Å². The molecule has 0 radical (unpaired) electrons. The maximum atomic E-state index is 12.1. The Morgan fingerprint density at radius 2 is 2.00 bits per heavy atom. The number of carbonyl (C=O) groups excluding carboxylic acids is 2. The molecule has 110 valence electrons. The summed E-state index contributed by atoms with van der Waals surface area (Å²) >= 11 is 3.28. The fraction of sp³-hybridized carbons (Fsp3) is 0.200. The second-order valence-corrected chi connectivity index (χ2v) is 5.49. The first-order chi connectivity index (χ1) is 10.0. The third-order valence-corrected chi connectivity index (χ3v) is 3.44. The molecule has 1 aromatic carbocycles. The average molecular weight is 350 g/mol. The van der Waals surface area contributed by atoms with Gasteiger partial charge in [-0.25, -0.2) is 0 Å². The highest BCUT2D eigenvalue weighted by Crippen LogP contribution is 2.19. The van der Waals surface area contributed by atoms with E-state index in [1.54, 1.807) is 24.4 Å². The van der Waals surface area contributed by atoms with Crippen LogP contribution in [-0.4, -0.2) is 23.3 Å². The highest BCUT2D eigenvalue weighted by Gasteiger charge is 2.12. The van der Waals surface area contributed by atoms with Gasteiger partial charge in [-0.1, -0.05) is 6.07 Å². The second-order valence-electron chi connectivity index (χ2n) is 4.57. The van der Waals surface area contributed by atoms with Crippen LogP contribution in [0.2, 0.25) is 0 Å². The zero-order valence-electron chi connectivity index (χ0n) is 11.8. The monoisotopic (exact) mass is 349 g/mol. The minimum atomic E-state index is -0.253. The molecule has 0 saturated heterocycles. The summed E-state index contributed by atoms with van der Waals surface area (Å²) in [5.74, 6) is -0.410. The van der Waals surface area contributed by atoms with Crippen molar-refractivity contribution in [2.24, 2.45) is 0 Å². The van der Waals surface area contributed by atoms with Gasteiger partial charge in [-0.3, -0.25) is 9.59 Å². The molecule has 0 atom stereocenters. The number of rotatable bonds is 4. The predicted octanol–water partition coefficient (Wildman–Crippen LogP) is 3.09. The second kappa shape index (κ2) is 6.58. The molecule has 1 aromatic heterocycles. The Morgan fingerprint density at radius 1 is 1.24 bits per heavy atom. The molecule has 0 unspecified atom stereocenters. The van der Waals surface area contributed by atoms with Crippen LogP contribution in [0.1, 0.15) is 33.3 Å². The number of anilines is 1. The molecule has 0 aliphatic rings. The van der Waals surface area contributed by atoms with Gasteiger partial charge in [-0.2, -0.15) is 0 Å². The zero-order valence-corrected chi connectivity index (χ0v) is 13.4. The molecule has 0 aliphatic carbocycles. The lowest BCUT2D eigenvalue weighted by atomic mass is 10.1. The van der Waals surface area contributed by atoms with Crippen LogP contribution in [0, 0.1) is 6.92 Å². The van der Waals surface area contributed by atoms with Gasteiger partial charge in [0.1, 0.15) is 5.69 Å². The van der Waals surface area contributed by atoms with E-state index in [1.165, 1.54) is 0 Å². The molecule has 2 rings (SSSR count). The first-order valence-electron chi connectivity index (χ1n) is 6.55. The molecule has 2 aromatic rings. The standard InChI is InChI=1S/C15H16BrN3O2/c1-3-17-14(20)10-5-4-9(2)12(6-10)19-15(21)13-7-11(16)8-18-13/h4-8,18H,3H2,1-2H3,(H,17,20)(H,19,21). The van der Waals surface area contributed by atoms with Gasteiger partial charge in [0.2, 0.25) is 0 Å². The van der Waals surface area contributed by atoms with Crippen LogP contribution < -0.4 is 10.6 Å². The van der Waals surface area contributed by atoms with Crippen LogP contribution in [0.4, 0.5) is 5.69 Å². The largest absolute Gasteiger partial charge is 0.356 e. The van der Waals surface area contributed by atoms with Gasteiger partial charge in [0.15, 0.2) is 0 Å². The highest BCUT2D eigenvalue weighted by molar-refractivity contribution is 9.10. The van der Waals surface area contributed by atoms with Crippen molar-refractivity contribution in [1.82, 2.24) is 10.3 Å². The van der Waals surface area contributed by atoms with Crippen molar-refractivity contribution in [3.05, 3.63) is 51.8 Å². The van der Waals surface area contributed by atoms with Gasteiger partial charge in [0.05, 0.1) is 0 Å². The lowest BCUT2D eigenvalue weighted by Gasteiger charge is -2.10. The maximum absolute atomic E-state index is 12.1. The first kappa shape index (κ1) is 15.3. The summed E-state index contributed by atoms with van der Waals surface area (Å²) in [6, 6.07) is 6.92. The fourth-order valence-electron chi connectivity index (χ4n) is 1.85. The third kappa shape index (κ3) is 3.72. The molecule has 3 N–H and O–H groups in total. The van der Waals surface area contributed by atoms with Gasteiger partial charge in [0, 0.05) is 28.5 Å². The number of amides is 2. The molecule has 21 heavy (non-hydrogen) atoms. The van der Waals surface area contributed by atoms with E-state index in [-0.39, 0.29) is 11.8 Å². The van der Waals surface area contributed by atoms with Crippen LogP contribution in [0.3, 0.4) is 0 Å². The number of hydrogen-bond acceptors (Lipinski definition) is 2. The quantitative estimate of drug-likeness (QED) is 0.793. The number of nitrogens with one attached hydrogen (secondary N) is 3. The van der Waals surface area contributed by atoms with Crippen LogP contribution in [0.15, 0.2) is 34.9 Å². The van der Waals surface area contributed by atoms with Gasteiger partial charge in [-0.15, -0.1) is 0 Å². The minimum absolute atomic E-state index is 0.157. The number of halogens is 1. The Balaban J connectivity index is 2.21. The maximum Gasteiger partial charge on any atom is 0.272 e. The predicted molar refractivity (Wildman–Crippen MR) is 85.6 cm³/mol. The molecule has 6 heteroatoms. The molecule has 0 aliphatic heterocycles. The number of aryl methyl sites for hydroxylation is 1. The zero-order chi connectivity index (χ0) is 15.4. The molecular weight excluding hydrogens is 334 g/mol. The Bertz CT molecular complexity index is 679. The van der Waals surface area contributed by atoms with Crippen molar-refractivity contribution in [2.45, 2.75) is 13.8 Å². The van der Waals surface area contributed by atoms with Crippen LogP contribution >= 0.6 is 15.9 Å². The third-order valence-electron chi connectivity index (χ3n) is 2.98. The summed E-state index contributed by atoms with van der Waals surface area (Å²) in [6.07, 6.45) is 1.69. The van der Waals surface area contributed by atoms with Gasteiger partial charge >= 0.3 is 0 Å². The van der Waals surface area contributed by atoms with Crippen molar-refractivity contribution in [3.63, 3.8) is 0 Å². The molecule has 1 heterocycles. The number of hydrogen-bond donors (Lipinski definition) is 3. The average Bonchev–Trinajstić information content (AvgIpc) is 2.88. The molecule has 0 bridgehead atoms. The molecule has 0 saturated carbocycles. The van der Waals surface area contributed by atoms with Gasteiger partial charge in [0.25, 0.3) is 11.8 Å². The van der Waals surface area contributed by atoms with E-state index in [4.69, 9.17) is 0 Å². The molecule has 5 nitrogen and oxygen atoms in total. The number of aromatic amines is 1. The molecule has 2 amide bonds. The van der Waals surface area contributed by atoms with Crippen molar-refractivity contribution >= 4 is 33.4 Å². The number of aromatic nitrogens is 1. The van der Waals surface area contributed by atoms with E-state index in [1.807, 2.05) is 19.9 Å². The minimum Gasteiger partial charge on any atom is -0.356 e. The number of carbonyl (C=O) groups is 2. The lowest BCUT2D eigenvalue weighted by Crippen LogP contribution is -2.23. The van der Waals surface area contributed by atoms with E-state index >= 15 is 0 Å². The summed E-state index contributed by atoms with van der Waals surface area (Å²) in [5, 5.41) is 5.54. The van der Waals surface area contributed by atoms with Crippen molar-refractivity contribution in [2.75, 3.05) is 11.9 Å². The Labute approximate surface area is 131 Å². The smallest absolute Gasteiger partial charge is 0.272 e. The van der Waals surface area contributed by atoms with E-state index < -0.39 is 0 Å². The molecule has 0 fully saturated rings. The Hall–Kier alpha value is -2.08. The summed E-state index contributed by atoms with van der Waals surface area (Å²) in [7, 11) is 0. The molecule has 0 spiro atoms. The van der Waals surface area contributed by atoms with Gasteiger partial charge < -0.3 is 15.6 Å². The summed E-state index contributed by atoms with van der Waals surface area (Å²) in [4.78, 5) is 26.8. The van der Waals surface area contributed by atoms with E-state index in [0.717, 1.165) is 10.0 Å². The summed E-state index contributed by atoms with van der Waals surface area (Å²) in [6.45, 7) is 4.30. The normalized spacial score (nSPS) is 10.2. The topological polar surface area (TPSA) is 74.0 Å².